The van der Waals surface area contributed by atoms with Crippen molar-refractivity contribution in [2.75, 3.05) is 39.4 Å². The minimum Gasteiger partial charge on any atom is -0.379 e. The molecule has 0 N–H and O–H groups in total. The molecule has 12 heavy (non-hydrogen) atoms. The largest absolute Gasteiger partial charge is 0.379 e. The first-order valence-electron chi connectivity index (χ1n) is 4.92. The van der Waals surface area contributed by atoms with Crippen molar-refractivity contribution in [3.05, 3.63) is 0 Å². The maximum atomic E-state index is 5.29. The SMILES string of the molecule is C1C[N][C@@H](CN2CCOCC2)C1. The molecule has 1 atom stereocenters. The van der Waals surface area contributed by atoms with Gasteiger partial charge in [-0.2, -0.15) is 0 Å². The molecule has 0 amide bonds. The second-order valence-corrected chi connectivity index (χ2v) is 3.62. The molecule has 0 aliphatic carbocycles. The molecule has 0 aromatic rings. The van der Waals surface area contributed by atoms with E-state index in [0.717, 1.165) is 32.8 Å². The van der Waals surface area contributed by atoms with Gasteiger partial charge in [0, 0.05) is 32.2 Å². The van der Waals surface area contributed by atoms with Gasteiger partial charge in [-0.05, 0) is 12.8 Å². The summed E-state index contributed by atoms with van der Waals surface area (Å²) in [4.78, 5) is 2.48. The van der Waals surface area contributed by atoms with E-state index < -0.39 is 0 Å². The average molecular weight is 169 g/mol. The number of ether oxygens (including phenoxy) is 1. The molecule has 0 unspecified atom stereocenters. The summed E-state index contributed by atoms with van der Waals surface area (Å²) in [5, 5.41) is 4.55. The van der Waals surface area contributed by atoms with Crippen LogP contribution in [-0.2, 0) is 4.74 Å². The van der Waals surface area contributed by atoms with E-state index in [1.165, 1.54) is 19.4 Å². The van der Waals surface area contributed by atoms with Gasteiger partial charge in [-0.3, -0.25) is 4.90 Å². The van der Waals surface area contributed by atoms with Crippen LogP contribution < -0.4 is 5.32 Å². The zero-order valence-corrected chi connectivity index (χ0v) is 7.54. The van der Waals surface area contributed by atoms with Crippen LogP contribution in [0.1, 0.15) is 12.8 Å². The average Bonchev–Trinajstić information content (AvgIpc) is 2.59. The van der Waals surface area contributed by atoms with E-state index in [9.17, 15) is 0 Å². The highest BCUT2D eigenvalue weighted by Gasteiger charge is 2.20. The summed E-state index contributed by atoms with van der Waals surface area (Å²) in [6.07, 6.45) is 2.60. The Hall–Kier alpha value is -0.120. The highest BCUT2D eigenvalue weighted by Crippen LogP contribution is 2.09. The Kier molecular flexibility index (Phi) is 2.98. The molecule has 0 bridgehead atoms. The predicted octanol–water partition coefficient (Wildman–Crippen LogP) is 0.0854. The quantitative estimate of drug-likeness (QED) is 0.585. The fourth-order valence-electron chi connectivity index (χ4n) is 1.92. The van der Waals surface area contributed by atoms with Crippen molar-refractivity contribution in [2.45, 2.75) is 18.9 Å². The van der Waals surface area contributed by atoms with E-state index in [4.69, 9.17) is 4.74 Å². The first kappa shape index (κ1) is 8.48. The second kappa shape index (κ2) is 4.21. The molecular weight excluding hydrogens is 152 g/mol. The van der Waals surface area contributed by atoms with Gasteiger partial charge in [0.05, 0.1) is 13.2 Å². The molecule has 2 rings (SSSR count). The molecule has 0 spiro atoms. The number of rotatable bonds is 2. The first-order valence-corrected chi connectivity index (χ1v) is 4.92. The molecular formula is C9H17N2O. The number of nitrogens with zero attached hydrogens (tertiary/aromatic N) is 2. The van der Waals surface area contributed by atoms with Crippen molar-refractivity contribution >= 4 is 0 Å². The van der Waals surface area contributed by atoms with Gasteiger partial charge >= 0.3 is 0 Å². The Balaban J connectivity index is 1.69. The minimum absolute atomic E-state index is 0.628. The Morgan fingerprint density at radius 3 is 2.83 bits per heavy atom. The van der Waals surface area contributed by atoms with Gasteiger partial charge in [0.25, 0.3) is 0 Å². The molecule has 0 saturated carbocycles. The lowest BCUT2D eigenvalue weighted by molar-refractivity contribution is 0.0343. The number of hydrogen-bond acceptors (Lipinski definition) is 2. The smallest absolute Gasteiger partial charge is 0.0594 e. The van der Waals surface area contributed by atoms with E-state index >= 15 is 0 Å². The summed E-state index contributed by atoms with van der Waals surface area (Å²) in [5.41, 5.74) is 0. The van der Waals surface area contributed by atoms with Crippen LogP contribution in [-0.4, -0.2) is 50.3 Å². The third-order valence-electron chi connectivity index (χ3n) is 2.66. The van der Waals surface area contributed by atoms with Crippen molar-refractivity contribution in [3.8, 4) is 0 Å². The minimum atomic E-state index is 0.628. The first-order chi connectivity index (χ1) is 5.95. The summed E-state index contributed by atoms with van der Waals surface area (Å²) in [5.74, 6) is 0. The fraction of sp³-hybridized carbons (Fsp3) is 1.00. The Labute approximate surface area is 74.1 Å². The van der Waals surface area contributed by atoms with Gasteiger partial charge in [0.2, 0.25) is 0 Å². The van der Waals surface area contributed by atoms with Crippen molar-refractivity contribution in [3.63, 3.8) is 0 Å². The van der Waals surface area contributed by atoms with Crippen LogP contribution >= 0.6 is 0 Å². The van der Waals surface area contributed by atoms with Crippen LogP contribution in [0.4, 0.5) is 0 Å². The summed E-state index contributed by atoms with van der Waals surface area (Å²) in [6.45, 7) is 6.29. The summed E-state index contributed by atoms with van der Waals surface area (Å²) >= 11 is 0. The van der Waals surface area contributed by atoms with Gasteiger partial charge < -0.3 is 4.74 Å². The van der Waals surface area contributed by atoms with Crippen LogP contribution in [0.15, 0.2) is 0 Å². The number of hydrogen-bond donors (Lipinski definition) is 0. The van der Waals surface area contributed by atoms with Gasteiger partial charge in [0.1, 0.15) is 0 Å². The third kappa shape index (κ3) is 2.19. The van der Waals surface area contributed by atoms with Gasteiger partial charge in [-0.1, -0.05) is 0 Å². The zero-order valence-electron chi connectivity index (χ0n) is 7.54. The summed E-state index contributed by atoms with van der Waals surface area (Å²) in [6, 6.07) is 0.628. The molecule has 2 saturated heterocycles. The second-order valence-electron chi connectivity index (χ2n) is 3.62. The standard InChI is InChI=1S/C9H17N2O/c1-2-9(10-3-1)8-11-4-6-12-7-5-11/h9H,1-8H2/t9-/m1/s1. The molecule has 0 aromatic carbocycles. The summed E-state index contributed by atoms with van der Waals surface area (Å²) in [7, 11) is 0. The van der Waals surface area contributed by atoms with Crippen LogP contribution in [0.2, 0.25) is 0 Å². The van der Waals surface area contributed by atoms with E-state index in [-0.39, 0.29) is 0 Å². The highest BCUT2D eigenvalue weighted by molar-refractivity contribution is 4.78. The maximum Gasteiger partial charge on any atom is 0.0594 e. The topological polar surface area (TPSA) is 26.6 Å². The van der Waals surface area contributed by atoms with Crippen LogP contribution in [0.3, 0.4) is 0 Å². The lowest BCUT2D eigenvalue weighted by atomic mass is 10.2. The van der Waals surface area contributed by atoms with Crippen LogP contribution in [0.25, 0.3) is 0 Å². The predicted molar refractivity (Wildman–Crippen MR) is 47.3 cm³/mol. The van der Waals surface area contributed by atoms with Gasteiger partial charge in [0.15, 0.2) is 0 Å². The Bertz CT molecular complexity index is 128. The molecule has 3 heteroatoms. The van der Waals surface area contributed by atoms with E-state index in [0.29, 0.717) is 6.04 Å². The van der Waals surface area contributed by atoms with Crippen LogP contribution in [0.5, 0.6) is 0 Å². The van der Waals surface area contributed by atoms with Crippen LogP contribution in [0, 0.1) is 0 Å². The van der Waals surface area contributed by atoms with Gasteiger partial charge in [-0.25, -0.2) is 5.32 Å². The van der Waals surface area contributed by atoms with Crippen molar-refractivity contribution in [1.29, 1.82) is 0 Å². The molecule has 3 nitrogen and oxygen atoms in total. The molecule has 0 aromatic heterocycles. The molecule has 2 fully saturated rings. The van der Waals surface area contributed by atoms with E-state index in [1.54, 1.807) is 0 Å². The highest BCUT2D eigenvalue weighted by atomic mass is 16.5. The normalized spacial score (nSPS) is 32.5. The zero-order chi connectivity index (χ0) is 8.23. The Morgan fingerprint density at radius 1 is 1.33 bits per heavy atom. The fourth-order valence-corrected chi connectivity index (χ4v) is 1.92. The van der Waals surface area contributed by atoms with E-state index in [1.807, 2.05) is 0 Å². The molecule has 2 aliphatic heterocycles. The Morgan fingerprint density at radius 2 is 2.17 bits per heavy atom. The van der Waals surface area contributed by atoms with Gasteiger partial charge in [-0.15, -0.1) is 0 Å². The monoisotopic (exact) mass is 169 g/mol. The number of morpholine rings is 1. The maximum absolute atomic E-state index is 5.29. The van der Waals surface area contributed by atoms with E-state index in [2.05, 4.69) is 10.2 Å². The molecule has 2 aliphatic rings. The molecule has 2 heterocycles. The molecule has 1 radical (unpaired) electrons. The third-order valence-corrected chi connectivity index (χ3v) is 2.66. The molecule has 69 valence electrons. The lowest BCUT2D eigenvalue weighted by Gasteiger charge is -2.28. The lowest BCUT2D eigenvalue weighted by Crippen LogP contribution is -2.42. The van der Waals surface area contributed by atoms with Crippen molar-refractivity contribution in [1.82, 2.24) is 10.2 Å². The van der Waals surface area contributed by atoms with Crippen molar-refractivity contribution < 1.29 is 4.74 Å². The van der Waals surface area contributed by atoms with Crippen molar-refractivity contribution in [2.24, 2.45) is 0 Å². The summed E-state index contributed by atoms with van der Waals surface area (Å²) < 4.78 is 5.29.